The van der Waals surface area contributed by atoms with Crippen LogP contribution in [0, 0.1) is 19.3 Å². The summed E-state index contributed by atoms with van der Waals surface area (Å²) in [6.07, 6.45) is 6.64. The lowest BCUT2D eigenvalue weighted by molar-refractivity contribution is 0.275. The molecule has 3 heteroatoms. The van der Waals surface area contributed by atoms with Gasteiger partial charge in [0.25, 0.3) is 5.95 Å². The standard InChI is InChI=1S/C16H16O3/c1-4-6-12-15(17)13-10-11(3)7-8-14(13)19-16(12)18-9-5-2/h2,7-8,10H,4,6,9H2,1,3H3. The largest absolute Gasteiger partial charge is 0.452 e. The summed E-state index contributed by atoms with van der Waals surface area (Å²) in [4.78, 5) is 12.5. The van der Waals surface area contributed by atoms with E-state index in [0.29, 0.717) is 23.0 Å². The summed E-state index contributed by atoms with van der Waals surface area (Å²) >= 11 is 0. The van der Waals surface area contributed by atoms with Crippen LogP contribution in [0.3, 0.4) is 0 Å². The summed E-state index contributed by atoms with van der Waals surface area (Å²) < 4.78 is 11.0. The topological polar surface area (TPSA) is 39.4 Å². The fourth-order valence-electron chi connectivity index (χ4n) is 2.02. The highest BCUT2D eigenvalue weighted by Crippen LogP contribution is 2.23. The number of terminal acetylenes is 1. The molecule has 2 rings (SSSR count). The number of hydrogen-bond donors (Lipinski definition) is 0. The molecule has 19 heavy (non-hydrogen) atoms. The van der Waals surface area contributed by atoms with Crippen molar-refractivity contribution in [1.82, 2.24) is 0 Å². The smallest absolute Gasteiger partial charge is 0.293 e. The molecular formula is C16H16O3. The van der Waals surface area contributed by atoms with E-state index >= 15 is 0 Å². The van der Waals surface area contributed by atoms with Crippen LogP contribution in [0.1, 0.15) is 24.5 Å². The third kappa shape index (κ3) is 2.63. The van der Waals surface area contributed by atoms with Crippen LogP contribution in [0.4, 0.5) is 0 Å². The highest BCUT2D eigenvalue weighted by Gasteiger charge is 2.14. The maximum absolute atomic E-state index is 12.5. The fourth-order valence-corrected chi connectivity index (χ4v) is 2.02. The second-order valence-electron chi connectivity index (χ2n) is 4.44. The zero-order valence-electron chi connectivity index (χ0n) is 11.2. The molecule has 0 saturated carbocycles. The second-order valence-corrected chi connectivity index (χ2v) is 4.44. The van der Waals surface area contributed by atoms with Gasteiger partial charge >= 0.3 is 0 Å². The first-order valence-corrected chi connectivity index (χ1v) is 6.30. The summed E-state index contributed by atoms with van der Waals surface area (Å²) in [5, 5.41) is 0.594. The minimum atomic E-state index is -0.0289. The van der Waals surface area contributed by atoms with Crippen LogP contribution >= 0.6 is 0 Å². The van der Waals surface area contributed by atoms with Crippen LogP contribution < -0.4 is 10.2 Å². The van der Waals surface area contributed by atoms with E-state index in [9.17, 15) is 4.79 Å². The Kier molecular flexibility index (Phi) is 3.91. The van der Waals surface area contributed by atoms with Crippen molar-refractivity contribution < 1.29 is 9.15 Å². The molecule has 2 aromatic rings. The Morgan fingerprint density at radius 1 is 1.42 bits per heavy atom. The summed E-state index contributed by atoms with van der Waals surface area (Å²) in [7, 11) is 0. The highest BCUT2D eigenvalue weighted by atomic mass is 16.6. The average molecular weight is 256 g/mol. The van der Waals surface area contributed by atoms with Gasteiger partial charge in [0.15, 0.2) is 12.0 Å². The summed E-state index contributed by atoms with van der Waals surface area (Å²) in [6, 6.07) is 5.52. The predicted molar refractivity (Wildman–Crippen MR) is 75.5 cm³/mol. The molecule has 98 valence electrons. The predicted octanol–water partition coefficient (Wildman–Crippen LogP) is 3.07. The molecule has 1 aromatic carbocycles. The van der Waals surface area contributed by atoms with Crippen molar-refractivity contribution in [3.05, 3.63) is 39.5 Å². The number of benzene rings is 1. The molecule has 0 amide bonds. The molecule has 0 N–H and O–H groups in total. The van der Waals surface area contributed by atoms with Crippen LogP contribution in [0.25, 0.3) is 11.0 Å². The van der Waals surface area contributed by atoms with Crippen LogP contribution in [0.15, 0.2) is 27.4 Å². The average Bonchev–Trinajstić information content (AvgIpc) is 2.41. The SMILES string of the molecule is C#CCOc1oc2ccc(C)cc2c(=O)c1CCC. The summed E-state index contributed by atoms with van der Waals surface area (Å²) in [5.74, 6) is 2.63. The lowest BCUT2D eigenvalue weighted by atomic mass is 10.1. The van der Waals surface area contributed by atoms with Gasteiger partial charge in [-0.2, -0.15) is 0 Å². The van der Waals surface area contributed by atoms with E-state index in [1.807, 2.05) is 26.0 Å². The Labute approximate surface area is 112 Å². The molecule has 0 aliphatic carbocycles. The van der Waals surface area contributed by atoms with E-state index in [2.05, 4.69) is 5.92 Å². The molecule has 3 nitrogen and oxygen atoms in total. The van der Waals surface area contributed by atoms with Crippen LogP contribution in [-0.2, 0) is 6.42 Å². The first kappa shape index (κ1) is 13.2. The van der Waals surface area contributed by atoms with Gasteiger partial charge in [-0.25, -0.2) is 0 Å². The Morgan fingerprint density at radius 2 is 2.21 bits per heavy atom. The molecule has 1 aromatic heterocycles. The van der Waals surface area contributed by atoms with Crippen molar-refractivity contribution in [2.75, 3.05) is 6.61 Å². The van der Waals surface area contributed by atoms with Crippen LogP contribution in [-0.4, -0.2) is 6.61 Å². The maximum atomic E-state index is 12.5. The minimum Gasteiger partial charge on any atom is -0.452 e. The van der Waals surface area contributed by atoms with E-state index < -0.39 is 0 Å². The Balaban J connectivity index is 2.67. The highest BCUT2D eigenvalue weighted by molar-refractivity contribution is 5.78. The van der Waals surface area contributed by atoms with Crippen molar-refractivity contribution in [3.63, 3.8) is 0 Å². The van der Waals surface area contributed by atoms with Crippen molar-refractivity contribution in [1.29, 1.82) is 0 Å². The molecule has 0 spiro atoms. The van der Waals surface area contributed by atoms with E-state index in [0.717, 1.165) is 12.0 Å². The van der Waals surface area contributed by atoms with Gasteiger partial charge in [0.05, 0.1) is 10.9 Å². The molecule has 0 aliphatic rings. The molecule has 0 aliphatic heterocycles. The quantitative estimate of drug-likeness (QED) is 0.789. The first-order chi connectivity index (χ1) is 9.17. The zero-order chi connectivity index (χ0) is 13.8. The van der Waals surface area contributed by atoms with Gasteiger partial charge in [0.1, 0.15) is 5.58 Å². The molecule has 0 unspecified atom stereocenters. The zero-order valence-corrected chi connectivity index (χ0v) is 11.2. The third-order valence-electron chi connectivity index (χ3n) is 2.89. The van der Waals surface area contributed by atoms with Gasteiger partial charge in [-0.05, 0) is 25.5 Å². The van der Waals surface area contributed by atoms with Gasteiger partial charge in [-0.3, -0.25) is 4.79 Å². The van der Waals surface area contributed by atoms with Crippen molar-refractivity contribution >= 4 is 11.0 Å². The second kappa shape index (κ2) is 5.62. The Bertz CT molecular complexity index is 689. The minimum absolute atomic E-state index is 0.0289. The molecule has 0 radical (unpaired) electrons. The molecule has 0 saturated heterocycles. The van der Waals surface area contributed by atoms with Gasteiger partial charge in [0, 0.05) is 0 Å². The molecule has 0 atom stereocenters. The van der Waals surface area contributed by atoms with E-state index in [-0.39, 0.29) is 18.0 Å². The number of ether oxygens (including phenoxy) is 1. The van der Waals surface area contributed by atoms with Crippen molar-refractivity contribution in [2.45, 2.75) is 26.7 Å². The fraction of sp³-hybridized carbons (Fsp3) is 0.312. The van der Waals surface area contributed by atoms with Gasteiger partial charge in [-0.1, -0.05) is 30.9 Å². The van der Waals surface area contributed by atoms with Crippen LogP contribution in [0.2, 0.25) is 0 Å². The summed E-state index contributed by atoms with van der Waals surface area (Å²) in [5.41, 5.74) is 2.09. The van der Waals surface area contributed by atoms with Crippen molar-refractivity contribution in [2.24, 2.45) is 0 Å². The van der Waals surface area contributed by atoms with Crippen molar-refractivity contribution in [3.8, 4) is 18.3 Å². The monoisotopic (exact) mass is 256 g/mol. The number of aryl methyl sites for hydroxylation is 1. The Morgan fingerprint density at radius 3 is 2.89 bits per heavy atom. The van der Waals surface area contributed by atoms with E-state index in [4.69, 9.17) is 15.6 Å². The van der Waals surface area contributed by atoms with E-state index in [1.165, 1.54) is 0 Å². The molecule has 1 heterocycles. The third-order valence-corrected chi connectivity index (χ3v) is 2.89. The maximum Gasteiger partial charge on any atom is 0.293 e. The summed E-state index contributed by atoms with van der Waals surface area (Å²) in [6.45, 7) is 4.04. The lowest BCUT2D eigenvalue weighted by Gasteiger charge is -2.09. The normalized spacial score (nSPS) is 10.4. The van der Waals surface area contributed by atoms with Gasteiger partial charge in [0.2, 0.25) is 0 Å². The molecule has 0 fully saturated rings. The lowest BCUT2D eigenvalue weighted by Crippen LogP contribution is -2.12. The van der Waals surface area contributed by atoms with Gasteiger partial charge < -0.3 is 9.15 Å². The van der Waals surface area contributed by atoms with Gasteiger partial charge in [-0.15, -0.1) is 6.42 Å². The molecule has 0 bridgehead atoms. The Hall–Kier alpha value is -2.21. The van der Waals surface area contributed by atoms with Crippen LogP contribution in [0.5, 0.6) is 5.95 Å². The molecular weight excluding hydrogens is 240 g/mol. The number of fused-ring (bicyclic) bond motifs is 1. The number of hydrogen-bond acceptors (Lipinski definition) is 3. The number of rotatable bonds is 4. The first-order valence-electron chi connectivity index (χ1n) is 6.30. The van der Waals surface area contributed by atoms with E-state index in [1.54, 1.807) is 6.07 Å².